The van der Waals surface area contributed by atoms with Crippen LogP contribution in [0.2, 0.25) is 0 Å². The van der Waals surface area contributed by atoms with E-state index in [4.69, 9.17) is 4.74 Å². The first-order valence-corrected chi connectivity index (χ1v) is 13.4. The van der Waals surface area contributed by atoms with Crippen molar-refractivity contribution in [3.05, 3.63) is 120 Å². The molecule has 0 bridgehead atoms. The summed E-state index contributed by atoms with van der Waals surface area (Å²) in [5.41, 5.74) is 5.42. The van der Waals surface area contributed by atoms with Crippen molar-refractivity contribution in [1.29, 1.82) is 0 Å². The second-order valence-corrected chi connectivity index (χ2v) is 10.0. The smallest absolute Gasteiger partial charge is 0.315 e. The minimum atomic E-state index is -0.927. The molecule has 4 aromatic rings. The van der Waals surface area contributed by atoms with E-state index in [-0.39, 0.29) is 0 Å². The maximum atomic E-state index is 13.8. The largest absolute Gasteiger partial charge is 0.481 e. The van der Waals surface area contributed by atoms with Gasteiger partial charge in [0.2, 0.25) is 0 Å². The summed E-state index contributed by atoms with van der Waals surface area (Å²) in [6.07, 6.45) is 1.96. The van der Waals surface area contributed by atoms with Crippen LogP contribution in [0.5, 0.6) is 5.75 Å². The summed E-state index contributed by atoms with van der Waals surface area (Å²) in [4.78, 5) is 37.2. The maximum absolute atomic E-state index is 13.8. The second-order valence-electron chi connectivity index (χ2n) is 10.0. The lowest BCUT2D eigenvalue weighted by molar-refractivity contribution is -0.158. The highest BCUT2D eigenvalue weighted by Crippen LogP contribution is 2.58. The quantitative estimate of drug-likeness (QED) is 0.141. The first-order valence-electron chi connectivity index (χ1n) is 13.4. The third kappa shape index (κ3) is 5.38. The van der Waals surface area contributed by atoms with Crippen molar-refractivity contribution >= 4 is 23.9 Å². The first-order chi connectivity index (χ1) is 19.5. The number of carbonyl (C=O) groups excluding carboxylic acids is 2. The molecule has 5 rings (SSSR count). The number of hydrogen-bond donors (Lipinski definition) is 2. The van der Waals surface area contributed by atoms with Crippen LogP contribution >= 0.6 is 0 Å². The van der Waals surface area contributed by atoms with Crippen molar-refractivity contribution in [1.82, 2.24) is 0 Å². The molecule has 6 nitrogen and oxygen atoms in total. The van der Waals surface area contributed by atoms with Crippen LogP contribution in [0.15, 0.2) is 103 Å². The molecule has 202 valence electrons. The minimum Gasteiger partial charge on any atom is -0.481 e. The number of carboxylic acid groups (broad SMARTS) is 1. The van der Waals surface area contributed by atoms with E-state index in [0.29, 0.717) is 18.6 Å². The molecule has 0 aromatic heterocycles. The number of nitrogens with one attached hydrogen (secondary N) is 1. The number of esters is 1. The zero-order valence-electron chi connectivity index (χ0n) is 22.2. The highest BCUT2D eigenvalue weighted by atomic mass is 16.5. The van der Waals surface area contributed by atoms with E-state index >= 15 is 0 Å². The summed E-state index contributed by atoms with van der Waals surface area (Å²) in [6.45, 7) is 0. The zero-order valence-corrected chi connectivity index (χ0v) is 22.2. The number of benzene rings is 4. The van der Waals surface area contributed by atoms with Gasteiger partial charge in [-0.2, -0.15) is 0 Å². The summed E-state index contributed by atoms with van der Waals surface area (Å²) in [7, 11) is 1.85. The Morgan fingerprint density at radius 1 is 0.800 bits per heavy atom. The number of aliphatic carboxylic acids is 1. The maximum Gasteiger partial charge on any atom is 0.315 e. The molecule has 0 heterocycles. The zero-order chi connectivity index (χ0) is 28.1. The number of hydrogen-bond acceptors (Lipinski definition) is 5. The fourth-order valence-corrected chi connectivity index (χ4v) is 5.89. The number of ether oxygens (including phenoxy) is 1. The van der Waals surface area contributed by atoms with Gasteiger partial charge >= 0.3 is 11.9 Å². The van der Waals surface area contributed by atoms with Crippen LogP contribution in [0.4, 0.5) is 5.69 Å². The van der Waals surface area contributed by atoms with Crippen molar-refractivity contribution in [2.24, 2.45) is 11.8 Å². The molecule has 1 aliphatic carbocycles. The van der Waals surface area contributed by atoms with Crippen LogP contribution in [-0.4, -0.2) is 30.4 Å². The Kier molecular flexibility index (Phi) is 8.06. The topological polar surface area (TPSA) is 92.7 Å². The highest BCUT2D eigenvalue weighted by molar-refractivity contribution is 5.86. The van der Waals surface area contributed by atoms with Gasteiger partial charge in [0.15, 0.2) is 0 Å². The Morgan fingerprint density at radius 2 is 1.43 bits per heavy atom. The first kappa shape index (κ1) is 26.9. The fourth-order valence-electron chi connectivity index (χ4n) is 5.89. The Hall–Kier alpha value is -4.71. The highest BCUT2D eigenvalue weighted by Gasteiger charge is 2.59. The lowest BCUT2D eigenvalue weighted by atomic mass is 9.52. The van der Waals surface area contributed by atoms with Gasteiger partial charge in [-0.05, 0) is 58.5 Å². The lowest BCUT2D eigenvalue weighted by Crippen LogP contribution is -2.52. The van der Waals surface area contributed by atoms with Crippen LogP contribution < -0.4 is 10.1 Å². The molecule has 0 amide bonds. The van der Waals surface area contributed by atoms with Crippen LogP contribution in [0.1, 0.15) is 34.9 Å². The van der Waals surface area contributed by atoms with Gasteiger partial charge < -0.3 is 20.0 Å². The van der Waals surface area contributed by atoms with E-state index in [9.17, 15) is 19.5 Å². The minimum absolute atomic E-state index is 0.395. The molecule has 4 atom stereocenters. The van der Waals surface area contributed by atoms with E-state index in [0.717, 1.165) is 39.8 Å². The molecule has 1 aliphatic rings. The summed E-state index contributed by atoms with van der Waals surface area (Å²) < 4.78 is 5.96. The summed E-state index contributed by atoms with van der Waals surface area (Å²) in [5.74, 6) is -3.39. The Bertz CT molecular complexity index is 1450. The summed E-state index contributed by atoms with van der Waals surface area (Å²) >= 11 is 0. The molecule has 1 saturated carbocycles. The van der Waals surface area contributed by atoms with Gasteiger partial charge in [-0.25, -0.2) is 0 Å². The van der Waals surface area contributed by atoms with E-state index in [1.807, 2.05) is 104 Å². The van der Waals surface area contributed by atoms with Crippen molar-refractivity contribution in [2.45, 2.75) is 24.7 Å². The number of aryl methyl sites for hydroxylation is 1. The molecule has 0 aliphatic heterocycles. The molecule has 6 heteroatoms. The SMILES string of the molecule is CNc1ccc(-c2cccc(OC(=O)C3C(c4ccccc4)C(C(=O)O)[C@@H]3c3ccccc3)c2)cc1CCC=O. The standard InChI is InChI=1S/C34H31NO5/c1-35-28-18-17-25(20-26(28)15-9-19-36)24-14-8-16-27(21-24)40-34(39)32-29(22-10-4-2-5-11-22)31(33(37)38)30(32)23-12-6-3-7-13-23/h2-8,10-14,16-21,29-32,35H,9,15H2,1H3,(H,37,38)/t29-,30?,31?,32?/m0/s1. The number of aldehydes is 1. The monoisotopic (exact) mass is 533 g/mol. The van der Waals surface area contributed by atoms with Gasteiger partial charge in [0, 0.05) is 31.0 Å². The van der Waals surface area contributed by atoms with E-state index in [2.05, 4.69) is 5.32 Å². The predicted molar refractivity (Wildman–Crippen MR) is 154 cm³/mol. The van der Waals surface area contributed by atoms with Crippen LogP contribution in [0, 0.1) is 11.8 Å². The number of anilines is 1. The molecular weight excluding hydrogens is 502 g/mol. The molecule has 40 heavy (non-hydrogen) atoms. The van der Waals surface area contributed by atoms with Gasteiger partial charge in [0.25, 0.3) is 0 Å². The Balaban J connectivity index is 1.45. The normalized spacial score (nSPS) is 19.7. The molecule has 4 aromatic carbocycles. The Morgan fingerprint density at radius 3 is 2.00 bits per heavy atom. The molecule has 0 radical (unpaired) electrons. The van der Waals surface area contributed by atoms with Crippen LogP contribution in [-0.2, 0) is 20.8 Å². The summed E-state index contributed by atoms with van der Waals surface area (Å²) in [6, 6.07) is 32.0. The van der Waals surface area contributed by atoms with Gasteiger partial charge in [0.1, 0.15) is 12.0 Å². The number of carbonyl (C=O) groups is 3. The van der Waals surface area contributed by atoms with E-state index < -0.39 is 35.6 Å². The number of carboxylic acids is 1. The molecule has 1 fully saturated rings. The fraction of sp³-hybridized carbons (Fsp3) is 0.206. The van der Waals surface area contributed by atoms with Crippen molar-refractivity contribution in [3.8, 4) is 16.9 Å². The second kappa shape index (κ2) is 12.0. The average Bonchev–Trinajstić information content (AvgIpc) is 2.96. The number of rotatable bonds is 10. The van der Waals surface area contributed by atoms with Crippen molar-refractivity contribution in [2.75, 3.05) is 12.4 Å². The van der Waals surface area contributed by atoms with Crippen LogP contribution in [0.25, 0.3) is 11.1 Å². The average molecular weight is 534 g/mol. The van der Waals surface area contributed by atoms with E-state index in [1.165, 1.54) is 0 Å². The lowest BCUT2D eigenvalue weighted by Gasteiger charge is -2.48. The van der Waals surface area contributed by atoms with E-state index in [1.54, 1.807) is 6.07 Å². The molecule has 0 saturated heterocycles. The molecular formula is C34H31NO5. The van der Waals surface area contributed by atoms with Crippen molar-refractivity contribution < 1.29 is 24.2 Å². The molecule has 0 spiro atoms. The third-order valence-corrected chi connectivity index (χ3v) is 7.77. The predicted octanol–water partition coefficient (Wildman–Crippen LogP) is 6.33. The van der Waals surface area contributed by atoms with Gasteiger partial charge in [0.05, 0.1) is 11.8 Å². The van der Waals surface area contributed by atoms with Gasteiger partial charge in [-0.1, -0.05) is 78.9 Å². The third-order valence-electron chi connectivity index (χ3n) is 7.77. The summed E-state index contributed by atoms with van der Waals surface area (Å²) in [5, 5.41) is 13.4. The van der Waals surface area contributed by atoms with Gasteiger partial charge in [-0.15, -0.1) is 0 Å². The molecule has 2 N–H and O–H groups in total. The van der Waals surface area contributed by atoms with Crippen molar-refractivity contribution in [3.63, 3.8) is 0 Å². The van der Waals surface area contributed by atoms with Crippen LogP contribution in [0.3, 0.4) is 0 Å². The Labute approximate surface area is 233 Å². The van der Waals surface area contributed by atoms with Gasteiger partial charge in [-0.3, -0.25) is 9.59 Å². The molecule has 3 unspecified atom stereocenters.